The van der Waals surface area contributed by atoms with E-state index in [1.54, 1.807) is 25.4 Å². The van der Waals surface area contributed by atoms with E-state index in [4.69, 9.17) is 19.2 Å². The summed E-state index contributed by atoms with van der Waals surface area (Å²) in [5.74, 6) is 1.84. The van der Waals surface area contributed by atoms with Gasteiger partial charge in [0, 0.05) is 50.9 Å². The van der Waals surface area contributed by atoms with Gasteiger partial charge in [-0.05, 0) is 23.6 Å². The van der Waals surface area contributed by atoms with E-state index in [0.717, 1.165) is 47.1 Å². The van der Waals surface area contributed by atoms with Crippen LogP contribution in [0, 0.1) is 5.92 Å². The summed E-state index contributed by atoms with van der Waals surface area (Å²) in [6.07, 6.45) is 6.08. The average Bonchev–Trinajstić information content (AvgIpc) is 2.75. The van der Waals surface area contributed by atoms with Crippen LogP contribution in [-0.2, 0) is 15.9 Å². The Labute approximate surface area is 176 Å². The zero-order valence-electron chi connectivity index (χ0n) is 17.4. The molecule has 3 aromatic rings. The lowest BCUT2D eigenvalue weighted by Gasteiger charge is -2.23. The number of hydrogen-bond acceptors (Lipinski definition) is 7. The third kappa shape index (κ3) is 4.68. The van der Waals surface area contributed by atoms with Crippen molar-refractivity contribution in [2.75, 3.05) is 26.9 Å². The van der Waals surface area contributed by atoms with E-state index < -0.39 is 0 Å². The molecule has 0 aliphatic carbocycles. The van der Waals surface area contributed by atoms with Crippen molar-refractivity contribution in [3.63, 3.8) is 0 Å². The molecule has 0 radical (unpaired) electrons. The fourth-order valence-corrected chi connectivity index (χ4v) is 3.69. The van der Waals surface area contributed by atoms with Gasteiger partial charge in [-0.15, -0.1) is 0 Å². The minimum absolute atomic E-state index is 0.0791. The Morgan fingerprint density at radius 3 is 2.63 bits per heavy atom. The molecular formula is C23H27N3O4. The third-order valence-electron chi connectivity index (χ3n) is 5.24. The number of pyridine rings is 1. The van der Waals surface area contributed by atoms with Crippen LogP contribution in [0.3, 0.4) is 0 Å². The molecule has 4 rings (SSSR count). The number of hydrogen-bond donors (Lipinski definition) is 1. The lowest BCUT2D eigenvalue weighted by molar-refractivity contribution is 0.0244. The highest BCUT2D eigenvalue weighted by Crippen LogP contribution is 2.33. The number of rotatable bonds is 7. The molecule has 1 aliphatic rings. The summed E-state index contributed by atoms with van der Waals surface area (Å²) >= 11 is 0. The maximum absolute atomic E-state index is 9.65. The predicted molar refractivity (Wildman–Crippen MR) is 114 cm³/mol. The van der Waals surface area contributed by atoms with Gasteiger partial charge in [0.2, 0.25) is 5.88 Å². The van der Waals surface area contributed by atoms with Gasteiger partial charge >= 0.3 is 0 Å². The number of fused-ring (bicyclic) bond motifs is 1. The second-order valence-corrected chi connectivity index (χ2v) is 7.77. The second kappa shape index (κ2) is 9.36. The third-order valence-corrected chi connectivity index (χ3v) is 5.24. The molecule has 1 saturated heterocycles. The van der Waals surface area contributed by atoms with E-state index >= 15 is 0 Å². The first-order valence-electron chi connectivity index (χ1n) is 10.3. The Balaban J connectivity index is 1.75. The number of aromatic nitrogens is 3. The summed E-state index contributed by atoms with van der Waals surface area (Å²) in [7, 11) is 1.70. The molecule has 0 spiro atoms. The topological polar surface area (TPSA) is 86.6 Å². The average molecular weight is 409 g/mol. The molecule has 7 heteroatoms. The van der Waals surface area contributed by atoms with Gasteiger partial charge in [0.05, 0.1) is 24.1 Å². The van der Waals surface area contributed by atoms with Crippen LogP contribution < -0.4 is 4.74 Å². The summed E-state index contributed by atoms with van der Waals surface area (Å²) in [5.41, 5.74) is 2.61. The number of benzene rings is 1. The highest BCUT2D eigenvalue weighted by molar-refractivity contribution is 5.95. The molecule has 30 heavy (non-hydrogen) atoms. The van der Waals surface area contributed by atoms with Gasteiger partial charge < -0.3 is 19.3 Å². The van der Waals surface area contributed by atoms with Gasteiger partial charge in [0.1, 0.15) is 17.7 Å². The molecule has 1 N–H and O–H groups in total. The molecule has 0 amide bonds. The summed E-state index contributed by atoms with van der Waals surface area (Å²) in [6.45, 7) is 4.17. The molecule has 7 nitrogen and oxygen atoms in total. The van der Waals surface area contributed by atoms with Crippen molar-refractivity contribution in [2.24, 2.45) is 5.92 Å². The Bertz CT molecular complexity index is 988. The first kappa shape index (κ1) is 20.5. The van der Waals surface area contributed by atoms with Crippen LogP contribution in [0.4, 0.5) is 0 Å². The maximum Gasteiger partial charge on any atom is 0.224 e. The zero-order chi connectivity index (χ0) is 20.9. The number of phenolic OH excluding ortho intramolecular Hbond substituents is 1. The fraction of sp³-hybridized carbons (Fsp3) is 0.435. The van der Waals surface area contributed by atoms with Gasteiger partial charge in [-0.3, -0.25) is 0 Å². The summed E-state index contributed by atoms with van der Waals surface area (Å²) in [4.78, 5) is 14.1. The lowest BCUT2D eigenvalue weighted by Crippen LogP contribution is -2.26. The summed E-state index contributed by atoms with van der Waals surface area (Å²) < 4.78 is 16.9. The SMILES string of the molecule is COC[C@H](C)Cc1ncc2c(OC3CCOCC3)ncc(-c3ccc(O)cc3)c2n1. The normalized spacial score (nSPS) is 15.9. The van der Waals surface area contributed by atoms with Gasteiger partial charge in [-0.2, -0.15) is 0 Å². The first-order chi connectivity index (χ1) is 14.6. The molecule has 3 heterocycles. The summed E-state index contributed by atoms with van der Waals surface area (Å²) in [6, 6.07) is 7.05. The van der Waals surface area contributed by atoms with Crippen LogP contribution in [0.1, 0.15) is 25.6 Å². The van der Waals surface area contributed by atoms with Gasteiger partial charge in [-0.25, -0.2) is 15.0 Å². The second-order valence-electron chi connectivity index (χ2n) is 7.77. The smallest absolute Gasteiger partial charge is 0.224 e. The largest absolute Gasteiger partial charge is 0.508 e. The van der Waals surface area contributed by atoms with Gasteiger partial charge in [0.15, 0.2) is 0 Å². The van der Waals surface area contributed by atoms with Crippen molar-refractivity contribution in [1.29, 1.82) is 0 Å². The van der Waals surface area contributed by atoms with E-state index in [1.807, 2.05) is 18.3 Å². The number of methoxy groups -OCH3 is 1. The van der Waals surface area contributed by atoms with Crippen molar-refractivity contribution in [1.82, 2.24) is 15.0 Å². The van der Waals surface area contributed by atoms with Crippen LogP contribution in [0.2, 0.25) is 0 Å². The van der Waals surface area contributed by atoms with Crippen LogP contribution in [-0.4, -0.2) is 53.1 Å². The Morgan fingerprint density at radius 1 is 1.13 bits per heavy atom. The molecule has 2 aromatic heterocycles. The van der Waals surface area contributed by atoms with Crippen LogP contribution in [0.5, 0.6) is 11.6 Å². The minimum atomic E-state index is 0.0791. The van der Waals surface area contributed by atoms with Crippen molar-refractivity contribution in [2.45, 2.75) is 32.3 Å². The molecule has 0 saturated carbocycles. The summed E-state index contributed by atoms with van der Waals surface area (Å²) in [5, 5.41) is 10.4. The number of phenols is 1. The van der Waals surface area contributed by atoms with Gasteiger partial charge in [0.25, 0.3) is 0 Å². The van der Waals surface area contributed by atoms with E-state index in [9.17, 15) is 5.11 Å². The monoisotopic (exact) mass is 409 g/mol. The number of aromatic hydroxyl groups is 1. The van der Waals surface area contributed by atoms with E-state index in [1.165, 1.54) is 0 Å². The number of nitrogens with zero attached hydrogens (tertiary/aromatic N) is 3. The van der Waals surface area contributed by atoms with E-state index in [-0.39, 0.29) is 11.9 Å². The van der Waals surface area contributed by atoms with Crippen molar-refractivity contribution in [3.05, 3.63) is 42.5 Å². The fourth-order valence-electron chi connectivity index (χ4n) is 3.69. The van der Waals surface area contributed by atoms with E-state index in [2.05, 4.69) is 16.9 Å². The van der Waals surface area contributed by atoms with Crippen LogP contribution in [0.25, 0.3) is 22.0 Å². The Morgan fingerprint density at radius 2 is 1.90 bits per heavy atom. The molecule has 1 aliphatic heterocycles. The van der Waals surface area contributed by atoms with Crippen molar-refractivity contribution >= 4 is 10.9 Å². The molecule has 1 fully saturated rings. The molecule has 0 bridgehead atoms. The Kier molecular flexibility index (Phi) is 6.40. The zero-order valence-corrected chi connectivity index (χ0v) is 17.4. The standard InChI is InChI=1S/C23H27N3O4/c1-15(14-28-2)11-21-24-13-20-22(26-21)19(16-3-5-17(27)6-4-16)12-25-23(20)30-18-7-9-29-10-8-18/h3-6,12-13,15,18,27H,7-11,14H2,1-2H3/t15-/m1/s1. The quantitative estimate of drug-likeness (QED) is 0.635. The number of ether oxygens (including phenoxy) is 3. The Hall–Kier alpha value is -2.77. The first-order valence-corrected chi connectivity index (χ1v) is 10.3. The van der Waals surface area contributed by atoms with Gasteiger partial charge in [-0.1, -0.05) is 19.1 Å². The minimum Gasteiger partial charge on any atom is -0.508 e. The van der Waals surface area contributed by atoms with E-state index in [0.29, 0.717) is 31.6 Å². The highest BCUT2D eigenvalue weighted by atomic mass is 16.5. The lowest BCUT2D eigenvalue weighted by atomic mass is 10.0. The molecular weight excluding hydrogens is 382 g/mol. The molecule has 0 unspecified atom stereocenters. The molecule has 1 aromatic carbocycles. The van der Waals surface area contributed by atoms with Crippen molar-refractivity contribution < 1.29 is 19.3 Å². The molecule has 1 atom stereocenters. The van der Waals surface area contributed by atoms with Crippen LogP contribution in [0.15, 0.2) is 36.7 Å². The van der Waals surface area contributed by atoms with Crippen molar-refractivity contribution in [3.8, 4) is 22.8 Å². The maximum atomic E-state index is 9.65. The van der Waals surface area contributed by atoms with Crippen LogP contribution >= 0.6 is 0 Å². The highest BCUT2D eigenvalue weighted by Gasteiger charge is 2.20. The predicted octanol–water partition coefficient (Wildman–Crippen LogP) is 3.78. The molecule has 158 valence electrons.